The number of anilines is 1. The van der Waals surface area contributed by atoms with E-state index in [2.05, 4.69) is 16.6 Å². The average molecular weight is 458 g/mol. The van der Waals surface area contributed by atoms with Crippen molar-refractivity contribution in [2.75, 3.05) is 18.6 Å². The molecule has 1 aliphatic carbocycles. The molecule has 0 atom stereocenters. The molecule has 0 unspecified atom stereocenters. The van der Waals surface area contributed by atoms with E-state index in [0.717, 1.165) is 54.0 Å². The molecule has 2 aliphatic rings. The number of aryl methyl sites for hydroxylation is 2. The summed E-state index contributed by atoms with van der Waals surface area (Å²) in [5.74, 6) is 1.27. The highest BCUT2D eigenvalue weighted by atomic mass is 16.5. The monoisotopic (exact) mass is 457 g/mol. The molecule has 7 nitrogen and oxygen atoms in total. The van der Waals surface area contributed by atoms with E-state index in [1.807, 2.05) is 30.0 Å². The van der Waals surface area contributed by atoms with E-state index in [1.165, 1.54) is 5.56 Å². The number of benzene rings is 2. The van der Waals surface area contributed by atoms with Crippen molar-refractivity contribution < 1.29 is 18.7 Å². The van der Waals surface area contributed by atoms with Crippen LogP contribution in [0.2, 0.25) is 0 Å². The molecule has 0 bridgehead atoms. The molecule has 0 saturated heterocycles. The van der Waals surface area contributed by atoms with E-state index in [1.54, 1.807) is 31.4 Å². The van der Waals surface area contributed by atoms with Crippen LogP contribution < -0.4 is 15.1 Å². The Balaban J connectivity index is 1.42. The molecular weight excluding hydrogens is 430 g/mol. The zero-order valence-corrected chi connectivity index (χ0v) is 19.4. The number of amides is 2. The zero-order valence-electron chi connectivity index (χ0n) is 19.4. The van der Waals surface area contributed by atoms with Crippen LogP contribution in [0, 0.1) is 6.92 Å². The Labute approximate surface area is 198 Å². The number of hydrogen-bond acceptors (Lipinski definition) is 5. The number of fused-ring (bicyclic) bond motifs is 2. The second-order valence-electron chi connectivity index (χ2n) is 8.63. The number of carbonyl (C=O) groups is 2. The fraction of sp³-hybridized carbons (Fsp3) is 0.296. The highest BCUT2D eigenvalue weighted by molar-refractivity contribution is 6.10. The fourth-order valence-corrected chi connectivity index (χ4v) is 4.80. The third kappa shape index (κ3) is 3.98. The van der Waals surface area contributed by atoms with Gasteiger partial charge in [0.25, 0.3) is 11.8 Å². The number of hydrazone groups is 1. The zero-order chi connectivity index (χ0) is 23.7. The maximum Gasteiger partial charge on any atom is 0.294 e. The molecule has 7 heteroatoms. The summed E-state index contributed by atoms with van der Waals surface area (Å²) in [5.41, 5.74) is 7.60. The third-order valence-electron chi connectivity index (χ3n) is 6.50. The number of methoxy groups -OCH3 is 1. The number of carbonyl (C=O) groups excluding carboxylic acids is 2. The van der Waals surface area contributed by atoms with Gasteiger partial charge in [-0.3, -0.25) is 9.59 Å². The van der Waals surface area contributed by atoms with Gasteiger partial charge in [0.2, 0.25) is 0 Å². The van der Waals surface area contributed by atoms with Gasteiger partial charge in [0.05, 0.1) is 12.8 Å². The summed E-state index contributed by atoms with van der Waals surface area (Å²) in [6.45, 7) is 2.56. The van der Waals surface area contributed by atoms with E-state index < -0.39 is 0 Å². The first-order valence-corrected chi connectivity index (χ1v) is 11.6. The number of para-hydroxylation sites is 1. The summed E-state index contributed by atoms with van der Waals surface area (Å²) < 4.78 is 11.3. The van der Waals surface area contributed by atoms with Crippen LogP contribution in [0.15, 0.2) is 58.0 Å². The number of nitrogens with one attached hydrogen (secondary N) is 1. The quantitative estimate of drug-likeness (QED) is 0.578. The van der Waals surface area contributed by atoms with Crippen molar-refractivity contribution in [3.05, 3.63) is 82.3 Å². The van der Waals surface area contributed by atoms with Gasteiger partial charge in [0.15, 0.2) is 5.76 Å². The lowest BCUT2D eigenvalue weighted by molar-refractivity contribution is 0.0948. The van der Waals surface area contributed by atoms with Crippen LogP contribution in [0.3, 0.4) is 0 Å². The molecule has 0 spiro atoms. The first-order chi connectivity index (χ1) is 16.6. The van der Waals surface area contributed by atoms with Crippen molar-refractivity contribution in [2.24, 2.45) is 5.10 Å². The second-order valence-corrected chi connectivity index (χ2v) is 8.63. The van der Waals surface area contributed by atoms with Gasteiger partial charge in [-0.1, -0.05) is 24.3 Å². The normalized spacial score (nSPS) is 16.1. The summed E-state index contributed by atoms with van der Waals surface area (Å²) in [5, 5.41) is 4.43. The van der Waals surface area contributed by atoms with Crippen LogP contribution >= 0.6 is 0 Å². The highest BCUT2D eigenvalue weighted by Gasteiger charge is 2.32. The van der Waals surface area contributed by atoms with Crippen molar-refractivity contribution in [1.82, 2.24) is 5.43 Å². The second kappa shape index (κ2) is 9.17. The first-order valence-electron chi connectivity index (χ1n) is 11.6. The van der Waals surface area contributed by atoms with Gasteiger partial charge in [0, 0.05) is 35.3 Å². The van der Waals surface area contributed by atoms with Crippen molar-refractivity contribution in [3.63, 3.8) is 0 Å². The predicted octanol–water partition coefficient (Wildman–Crippen LogP) is 4.66. The van der Waals surface area contributed by atoms with Gasteiger partial charge in [-0.25, -0.2) is 5.43 Å². The van der Waals surface area contributed by atoms with E-state index >= 15 is 0 Å². The lowest BCUT2D eigenvalue weighted by Crippen LogP contribution is -2.35. The molecule has 174 valence electrons. The standard InChI is InChI=1S/C27H27N3O4/c1-17-24-21(28-29-26(31)19-9-5-11-20(16-19)33-2)12-6-14-23(24)34-25(17)27(32)30-15-7-10-18-8-3-4-13-22(18)30/h3-5,8-9,11,13,16H,6-7,10,12,14-15H2,1-2H3,(H,29,31)/b28-21+. The Kier molecular flexibility index (Phi) is 5.92. The van der Waals surface area contributed by atoms with E-state index in [4.69, 9.17) is 9.15 Å². The van der Waals surface area contributed by atoms with E-state index in [9.17, 15) is 9.59 Å². The molecule has 34 heavy (non-hydrogen) atoms. The van der Waals surface area contributed by atoms with Crippen LogP contribution in [0.4, 0.5) is 5.69 Å². The lowest BCUT2D eigenvalue weighted by atomic mass is 9.93. The smallest absolute Gasteiger partial charge is 0.294 e. The molecular formula is C27H27N3O4. The molecule has 0 fully saturated rings. The third-order valence-corrected chi connectivity index (χ3v) is 6.50. The summed E-state index contributed by atoms with van der Waals surface area (Å²) in [6, 6.07) is 14.9. The molecule has 1 aliphatic heterocycles. The van der Waals surface area contributed by atoms with Crippen LogP contribution in [-0.4, -0.2) is 31.2 Å². The maximum atomic E-state index is 13.5. The fourth-order valence-electron chi connectivity index (χ4n) is 4.80. The Morgan fingerprint density at radius 3 is 2.76 bits per heavy atom. The topological polar surface area (TPSA) is 84.1 Å². The number of hydrogen-bond donors (Lipinski definition) is 1. The lowest BCUT2D eigenvalue weighted by Gasteiger charge is -2.28. The van der Waals surface area contributed by atoms with Crippen molar-refractivity contribution in [2.45, 2.75) is 39.0 Å². The molecule has 2 heterocycles. The molecule has 2 amide bonds. The Bertz CT molecular complexity index is 1290. The predicted molar refractivity (Wildman–Crippen MR) is 130 cm³/mol. The van der Waals surface area contributed by atoms with E-state index in [-0.39, 0.29) is 11.8 Å². The summed E-state index contributed by atoms with van der Waals surface area (Å²) in [7, 11) is 1.56. The van der Waals surface area contributed by atoms with Crippen molar-refractivity contribution >= 4 is 23.2 Å². The number of nitrogens with zero attached hydrogens (tertiary/aromatic N) is 2. The Morgan fingerprint density at radius 1 is 1.06 bits per heavy atom. The minimum Gasteiger partial charge on any atom is -0.497 e. The van der Waals surface area contributed by atoms with Gasteiger partial charge in [-0.15, -0.1) is 0 Å². The molecule has 5 rings (SSSR count). The van der Waals surface area contributed by atoms with Gasteiger partial charge in [-0.2, -0.15) is 5.10 Å². The number of rotatable bonds is 4. The minimum absolute atomic E-state index is 0.126. The first kappa shape index (κ1) is 21.9. The number of furan rings is 1. The Hall–Kier alpha value is -3.87. The van der Waals surface area contributed by atoms with Gasteiger partial charge in [0.1, 0.15) is 11.5 Å². The average Bonchev–Trinajstić information content (AvgIpc) is 3.23. The van der Waals surface area contributed by atoms with Crippen LogP contribution in [-0.2, 0) is 12.8 Å². The highest BCUT2D eigenvalue weighted by Crippen LogP contribution is 2.33. The minimum atomic E-state index is -0.319. The van der Waals surface area contributed by atoms with Crippen LogP contribution in [0.5, 0.6) is 5.75 Å². The molecule has 1 aromatic heterocycles. The molecule has 1 N–H and O–H groups in total. The van der Waals surface area contributed by atoms with Gasteiger partial charge < -0.3 is 14.1 Å². The largest absolute Gasteiger partial charge is 0.497 e. The van der Waals surface area contributed by atoms with Crippen LogP contribution in [0.25, 0.3) is 0 Å². The van der Waals surface area contributed by atoms with Crippen LogP contribution in [0.1, 0.15) is 62.6 Å². The summed E-state index contributed by atoms with van der Waals surface area (Å²) in [4.78, 5) is 28.0. The number of ether oxygens (including phenoxy) is 1. The SMILES string of the molecule is COc1cccc(C(=O)N/N=C2\CCCc3oc(C(=O)N4CCCc5ccccc54)c(C)c32)c1. The van der Waals surface area contributed by atoms with Crippen molar-refractivity contribution in [1.29, 1.82) is 0 Å². The molecule has 2 aromatic carbocycles. The van der Waals surface area contributed by atoms with E-state index in [0.29, 0.717) is 30.0 Å². The molecule has 0 saturated carbocycles. The molecule has 0 radical (unpaired) electrons. The van der Waals surface area contributed by atoms with Crippen molar-refractivity contribution in [3.8, 4) is 5.75 Å². The van der Waals surface area contributed by atoms with Gasteiger partial charge in [-0.05, 0) is 62.4 Å². The Morgan fingerprint density at radius 2 is 1.91 bits per heavy atom. The molecule has 3 aromatic rings. The summed E-state index contributed by atoms with van der Waals surface area (Å²) in [6.07, 6.45) is 4.17. The van der Waals surface area contributed by atoms with Gasteiger partial charge >= 0.3 is 0 Å². The maximum absolute atomic E-state index is 13.5. The summed E-state index contributed by atoms with van der Waals surface area (Å²) >= 11 is 0.